The highest BCUT2D eigenvalue weighted by Crippen LogP contribution is 2.37. The van der Waals surface area contributed by atoms with Gasteiger partial charge in [0.1, 0.15) is 0 Å². The van der Waals surface area contributed by atoms with Crippen molar-refractivity contribution in [2.75, 3.05) is 0 Å². The summed E-state index contributed by atoms with van der Waals surface area (Å²) in [6.07, 6.45) is 26.0. The van der Waals surface area contributed by atoms with Crippen LogP contribution in [0, 0.1) is 0 Å². The molecule has 0 fully saturated rings. The number of allylic oxidation sites excluding steroid dienone is 17. The molecule has 0 aliphatic rings. The van der Waals surface area contributed by atoms with Crippen LogP contribution in [-0.4, -0.2) is 29.9 Å². The minimum absolute atomic E-state index is 0.515. The van der Waals surface area contributed by atoms with Gasteiger partial charge in [-0.1, -0.05) is 146 Å². The second kappa shape index (κ2) is 21.0. The fourth-order valence-corrected chi connectivity index (χ4v) is 6.89. The third-order valence-corrected chi connectivity index (χ3v) is 9.93. The zero-order chi connectivity index (χ0) is 43.1. The first-order valence-corrected chi connectivity index (χ1v) is 20.6. The summed E-state index contributed by atoms with van der Waals surface area (Å²) >= 11 is 0. The van der Waals surface area contributed by atoms with Crippen molar-refractivity contribution in [3.05, 3.63) is 206 Å². The molecule has 0 N–H and O–H groups in total. The molecule has 4 aromatic carbocycles. The second-order valence-corrected chi connectivity index (χ2v) is 14.0. The zero-order valence-corrected chi connectivity index (χ0v) is 36.1. The lowest BCUT2D eigenvalue weighted by molar-refractivity contribution is 1.00. The Kier molecular flexibility index (Phi) is 14.9. The molecular weight excluding hydrogens is 745 g/mol. The van der Waals surface area contributed by atoms with Gasteiger partial charge in [-0.25, -0.2) is 29.9 Å². The third kappa shape index (κ3) is 10.4. The summed E-state index contributed by atoms with van der Waals surface area (Å²) in [5.74, 6) is 3.31. The molecule has 0 saturated carbocycles. The Morgan fingerprint density at radius 2 is 0.754 bits per heavy atom. The van der Waals surface area contributed by atoms with Gasteiger partial charge in [0.2, 0.25) is 0 Å². The van der Waals surface area contributed by atoms with Crippen LogP contribution in [-0.2, 0) is 0 Å². The molecule has 61 heavy (non-hydrogen) atoms. The highest BCUT2D eigenvalue weighted by molar-refractivity contribution is 5.86. The lowest BCUT2D eigenvalue weighted by Gasteiger charge is -2.15. The lowest BCUT2D eigenvalue weighted by Crippen LogP contribution is -2.05. The molecule has 0 aliphatic heterocycles. The molecule has 302 valence electrons. The molecule has 0 amide bonds. The summed E-state index contributed by atoms with van der Waals surface area (Å²) in [5.41, 5.74) is 11.5. The van der Waals surface area contributed by atoms with Crippen molar-refractivity contribution in [1.82, 2.24) is 29.9 Å². The molecule has 6 nitrogen and oxygen atoms in total. The van der Waals surface area contributed by atoms with E-state index >= 15 is 0 Å². The Morgan fingerprint density at radius 3 is 1.25 bits per heavy atom. The fourth-order valence-electron chi connectivity index (χ4n) is 6.89. The predicted molar refractivity (Wildman–Crippen MR) is 259 cm³/mol. The Labute approximate surface area is 361 Å². The van der Waals surface area contributed by atoms with E-state index in [9.17, 15) is 0 Å². The highest BCUT2D eigenvalue weighted by atomic mass is 15.0. The summed E-state index contributed by atoms with van der Waals surface area (Å²) in [4.78, 5) is 30.6. The minimum atomic E-state index is 0.515. The highest BCUT2D eigenvalue weighted by Gasteiger charge is 2.19. The maximum atomic E-state index is 5.15. The van der Waals surface area contributed by atoms with Crippen molar-refractivity contribution in [3.8, 4) is 56.4 Å². The van der Waals surface area contributed by atoms with Crippen LogP contribution in [0.3, 0.4) is 0 Å². The van der Waals surface area contributed by atoms with Gasteiger partial charge >= 0.3 is 0 Å². The van der Waals surface area contributed by atoms with Gasteiger partial charge in [0.25, 0.3) is 0 Å². The average Bonchev–Trinajstić information content (AvgIpc) is 3.31. The van der Waals surface area contributed by atoms with Crippen molar-refractivity contribution in [3.63, 3.8) is 0 Å². The van der Waals surface area contributed by atoms with E-state index in [1.54, 1.807) is 6.08 Å². The Hall–Kier alpha value is -7.44. The van der Waals surface area contributed by atoms with Crippen LogP contribution < -0.4 is 0 Å². The van der Waals surface area contributed by atoms with Crippen molar-refractivity contribution in [2.45, 2.75) is 48.5 Å². The average molecular weight is 797 g/mol. The first-order chi connectivity index (χ1) is 29.9. The molecule has 6 aromatic rings. The molecule has 0 saturated heterocycles. The Morgan fingerprint density at radius 1 is 0.377 bits per heavy atom. The van der Waals surface area contributed by atoms with Gasteiger partial charge in [0.15, 0.2) is 34.9 Å². The van der Waals surface area contributed by atoms with Gasteiger partial charge in [0, 0.05) is 33.4 Å². The fraction of sp³-hybridized carbons (Fsp3) is 0.127. The van der Waals surface area contributed by atoms with E-state index in [0.29, 0.717) is 34.9 Å². The topological polar surface area (TPSA) is 77.3 Å². The monoisotopic (exact) mass is 796 g/mol. The van der Waals surface area contributed by atoms with E-state index in [-0.39, 0.29) is 0 Å². The van der Waals surface area contributed by atoms with E-state index in [1.807, 2.05) is 133 Å². The Balaban J connectivity index is 1.73. The second-order valence-electron chi connectivity index (χ2n) is 14.0. The van der Waals surface area contributed by atoms with Gasteiger partial charge in [-0.3, -0.25) is 0 Å². The minimum Gasteiger partial charge on any atom is -0.208 e. The molecule has 0 aliphatic carbocycles. The molecule has 0 spiro atoms. The quantitative estimate of drug-likeness (QED) is 0.102. The largest absolute Gasteiger partial charge is 0.208 e. The molecular formula is C55H52N6. The lowest BCUT2D eigenvalue weighted by atomic mass is 9.91. The van der Waals surface area contributed by atoms with Gasteiger partial charge in [0.05, 0.1) is 0 Å². The molecule has 0 bridgehead atoms. The van der Waals surface area contributed by atoms with E-state index in [1.165, 1.54) is 0 Å². The molecule has 2 heterocycles. The van der Waals surface area contributed by atoms with Crippen molar-refractivity contribution in [2.24, 2.45) is 0 Å². The normalized spacial score (nSPS) is 13.0. The summed E-state index contributed by atoms with van der Waals surface area (Å²) in [6.45, 7) is 17.9. The first-order valence-electron chi connectivity index (χ1n) is 20.6. The number of rotatable bonds is 14. The number of hydrogen-bond acceptors (Lipinski definition) is 6. The number of hydrogen-bond donors (Lipinski definition) is 0. The van der Waals surface area contributed by atoms with Crippen molar-refractivity contribution >= 4 is 22.3 Å². The van der Waals surface area contributed by atoms with Crippen LogP contribution in [0.1, 0.15) is 71.5 Å². The summed E-state index contributed by atoms with van der Waals surface area (Å²) in [7, 11) is 0. The molecule has 0 unspecified atom stereocenters. The number of nitrogens with zero attached hydrogens (tertiary/aromatic N) is 6. The zero-order valence-electron chi connectivity index (χ0n) is 36.1. The van der Waals surface area contributed by atoms with E-state index in [0.717, 1.165) is 66.8 Å². The van der Waals surface area contributed by atoms with Crippen LogP contribution in [0.25, 0.3) is 78.7 Å². The van der Waals surface area contributed by atoms with E-state index < -0.39 is 0 Å². The van der Waals surface area contributed by atoms with Crippen LogP contribution in [0.4, 0.5) is 0 Å². The van der Waals surface area contributed by atoms with Crippen molar-refractivity contribution in [1.29, 1.82) is 0 Å². The van der Waals surface area contributed by atoms with Crippen LogP contribution in [0.15, 0.2) is 183 Å². The van der Waals surface area contributed by atoms with Gasteiger partial charge in [-0.05, 0) is 118 Å². The van der Waals surface area contributed by atoms with Crippen LogP contribution in [0.2, 0.25) is 0 Å². The third-order valence-electron chi connectivity index (χ3n) is 9.93. The van der Waals surface area contributed by atoms with Crippen LogP contribution in [0.5, 0.6) is 0 Å². The van der Waals surface area contributed by atoms with Gasteiger partial charge in [-0.2, -0.15) is 0 Å². The maximum Gasteiger partial charge on any atom is 0.164 e. The summed E-state index contributed by atoms with van der Waals surface area (Å²) < 4.78 is 0. The molecule has 6 rings (SSSR count). The molecule has 6 heteroatoms. The van der Waals surface area contributed by atoms with E-state index in [2.05, 4.69) is 92.4 Å². The Bertz CT molecular complexity index is 2630. The smallest absolute Gasteiger partial charge is 0.164 e. The molecule has 0 atom stereocenters. The number of aromatic nitrogens is 6. The summed E-state index contributed by atoms with van der Waals surface area (Å²) in [6, 6.07) is 33.6. The predicted octanol–water partition coefficient (Wildman–Crippen LogP) is 14.5. The van der Waals surface area contributed by atoms with E-state index in [4.69, 9.17) is 29.9 Å². The standard InChI is InChI=1S/C55H52N6/c1-9-17-27-41(16-8)52-56-50(39(14-6)25-11-3)58-54(60-52)48-35-47(46-33-44(38(13-5)24-10-2)32-45(34-46)42-28-20-18-21-29-42)36-49(37-48)55-59-51(40(15-7)26-12-4)57-53(61-55)43-30-22-19-23-31-43/h9-37H,1H2,2-8H3/b24-10-,25-11-,26-12-,27-17-,38-13+,39-14+,40-15+,41-16+. The summed E-state index contributed by atoms with van der Waals surface area (Å²) in [5, 5.41) is 0. The number of benzene rings is 4. The first kappa shape index (κ1) is 43.1. The molecule has 0 radical (unpaired) electrons. The van der Waals surface area contributed by atoms with Crippen LogP contribution >= 0.6 is 0 Å². The van der Waals surface area contributed by atoms with Crippen molar-refractivity contribution < 1.29 is 0 Å². The maximum absolute atomic E-state index is 5.15. The van der Waals surface area contributed by atoms with Gasteiger partial charge < -0.3 is 0 Å². The SMILES string of the molecule is C=C/C=C\C(=C/C)c1nc(C(/C=C\C)=C/C)nc(-c2cc(-c3cc(C(/C=C\C)=C/C)cc(-c4ccccc4)c3)cc(-c3nc(C(/C=C\C)=C/C)nc(-c4ccccc4)n3)c2)n1. The van der Waals surface area contributed by atoms with Gasteiger partial charge in [-0.15, -0.1) is 0 Å². The molecule has 2 aromatic heterocycles.